The van der Waals surface area contributed by atoms with Crippen molar-refractivity contribution in [3.63, 3.8) is 0 Å². The Labute approximate surface area is 158 Å². The van der Waals surface area contributed by atoms with Gasteiger partial charge in [-0.25, -0.2) is 0 Å². The molecule has 1 aliphatic carbocycles. The van der Waals surface area contributed by atoms with Crippen molar-refractivity contribution in [1.82, 2.24) is 4.90 Å². The van der Waals surface area contributed by atoms with E-state index in [0.29, 0.717) is 25.9 Å². The van der Waals surface area contributed by atoms with Gasteiger partial charge in [-0.1, -0.05) is 36.8 Å². The van der Waals surface area contributed by atoms with E-state index in [4.69, 9.17) is 5.73 Å². The van der Waals surface area contributed by atoms with Crippen LogP contribution >= 0.6 is 11.3 Å². The molecular formula is C21H24N2O2S. The molecule has 2 fully saturated rings. The monoisotopic (exact) mass is 368 g/mol. The van der Waals surface area contributed by atoms with Crippen molar-refractivity contribution >= 4 is 23.2 Å². The number of carbonyl (C=O) groups is 2. The minimum atomic E-state index is -0.645. The highest BCUT2D eigenvalue weighted by Gasteiger charge is 2.46. The van der Waals surface area contributed by atoms with E-state index in [1.165, 1.54) is 4.88 Å². The summed E-state index contributed by atoms with van der Waals surface area (Å²) in [4.78, 5) is 28.0. The first-order valence-electron chi connectivity index (χ1n) is 9.29. The summed E-state index contributed by atoms with van der Waals surface area (Å²) in [6.07, 6.45) is 4.37. The van der Waals surface area contributed by atoms with Gasteiger partial charge < -0.3 is 10.6 Å². The van der Waals surface area contributed by atoms with Crippen LogP contribution in [0.4, 0.5) is 0 Å². The third kappa shape index (κ3) is 3.16. The molecule has 1 aromatic heterocycles. The number of carbonyl (C=O) groups excluding carboxylic acids is 2. The SMILES string of the molecule is NC(=O)[C@]1(Cc2cccc(-c3cccs3)c2)CCN(C(=O)C2CCC2)C1. The Morgan fingerprint density at radius 1 is 1.23 bits per heavy atom. The van der Waals surface area contributed by atoms with Gasteiger partial charge in [-0.2, -0.15) is 0 Å². The van der Waals surface area contributed by atoms with E-state index in [2.05, 4.69) is 29.6 Å². The molecule has 2 aromatic rings. The number of hydrogen-bond donors (Lipinski definition) is 1. The first-order chi connectivity index (χ1) is 12.6. The lowest BCUT2D eigenvalue weighted by Gasteiger charge is -2.31. The molecule has 1 saturated heterocycles. The molecule has 1 aromatic carbocycles. The van der Waals surface area contributed by atoms with Crippen molar-refractivity contribution in [3.8, 4) is 10.4 Å². The first kappa shape index (κ1) is 17.3. The van der Waals surface area contributed by atoms with Gasteiger partial charge in [-0.3, -0.25) is 9.59 Å². The fourth-order valence-corrected chi connectivity index (χ4v) is 4.80. The maximum atomic E-state index is 12.6. The van der Waals surface area contributed by atoms with Crippen LogP contribution in [-0.4, -0.2) is 29.8 Å². The molecule has 4 rings (SSSR count). The number of nitrogens with zero attached hydrogens (tertiary/aromatic N) is 1. The lowest BCUT2D eigenvalue weighted by atomic mass is 9.79. The van der Waals surface area contributed by atoms with Crippen LogP contribution in [0, 0.1) is 11.3 Å². The van der Waals surface area contributed by atoms with E-state index < -0.39 is 5.41 Å². The van der Waals surface area contributed by atoms with Crippen molar-refractivity contribution < 1.29 is 9.59 Å². The number of rotatable bonds is 5. The van der Waals surface area contributed by atoms with Gasteiger partial charge in [0.25, 0.3) is 0 Å². The summed E-state index contributed by atoms with van der Waals surface area (Å²) < 4.78 is 0. The second-order valence-corrected chi connectivity index (χ2v) is 8.58. The zero-order chi connectivity index (χ0) is 18.1. The van der Waals surface area contributed by atoms with Crippen molar-refractivity contribution in [3.05, 3.63) is 47.3 Å². The molecule has 0 unspecified atom stereocenters. The summed E-state index contributed by atoms with van der Waals surface area (Å²) in [5.41, 5.74) is 7.45. The molecule has 136 valence electrons. The van der Waals surface area contributed by atoms with Gasteiger partial charge in [0.15, 0.2) is 0 Å². The summed E-state index contributed by atoms with van der Waals surface area (Å²) in [7, 11) is 0. The number of hydrogen-bond acceptors (Lipinski definition) is 3. The molecular weight excluding hydrogens is 344 g/mol. The molecule has 26 heavy (non-hydrogen) atoms. The molecule has 2 N–H and O–H groups in total. The van der Waals surface area contributed by atoms with Gasteiger partial charge in [-0.15, -0.1) is 11.3 Å². The third-order valence-corrected chi connectivity index (χ3v) is 6.84. The molecule has 2 aliphatic rings. The van der Waals surface area contributed by atoms with Crippen LogP contribution in [0.5, 0.6) is 0 Å². The molecule has 0 radical (unpaired) electrons. The lowest BCUT2D eigenvalue weighted by Crippen LogP contribution is -2.44. The zero-order valence-electron chi connectivity index (χ0n) is 14.8. The van der Waals surface area contributed by atoms with E-state index in [9.17, 15) is 9.59 Å². The summed E-state index contributed by atoms with van der Waals surface area (Å²) >= 11 is 1.70. The third-order valence-electron chi connectivity index (χ3n) is 5.92. The van der Waals surface area contributed by atoms with Gasteiger partial charge >= 0.3 is 0 Å². The number of likely N-dealkylation sites (tertiary alicyclic amines) is 1. The van der Waals surface area contributed by atoms with Crippen LogP contribution in [0.25, 0.3) is 10.4 Å². The van der Waals surface area contributed by atoms with Gasteiger partial charge in [0, 0.05) is 23.9 Å². The van der Waals surface area contributed by atoms with E-state index >= 15 is 0 Å². The van der Waals surface area contributed by atoms with Gasteiger partial charge in [0.05, 0.1) is 5.41 Å². The maximum Gasteiger partial charge on any atom is 0.225 e. The molecule has 4 nitrogen and oxygen atoms in total. The van der Waals surface area contributed by atoms with Crippen LogP contribution < -0.4 is 5.73 Å². The molecule has 0 spiro atoms. The molecule has 5 heteroatoms. The summed E-state index contributed by atoms with van der Waals surface area (Å²) in [5, 5.41) is 2.06. The van der Waals surface area contributed by atoms with Crippen molar-refractivity contribution in [2.75, 3.05) is 13.1 Å². The van der Waals surface area contributed by atoms with Crippen molar-refractivity contribution in [2.45, 2.75) is 32.1 Å². The fourth-order valence-electron chi connectivity index (χ4n) is 4.07. The van der Waals surface area contributed by atoms with E-state index in [0.717, 1.165) is 30.4 Å². The number of amides is 2. The van der Waals surface area contributed by atoms with Crippen molar-refractivity contribution in [2.24, 2.45) is 17.1 Å². The Kier molecular flexibility index (Phi) is 4.57. The second kappa shape index (κ2) is 6.88. The van der Waals surface area contributed by atoms with Crippen LogP contribution in [0.1, 0.15) is 31.2 Å². The Balaban J connectivity index is 1.53. The predicted octanol–water partition coefficient (Wildman–Crippen LogP) is 3.46. The Morgan fingerprint density at radius 3 is 2.73 bits per heavy atom. The average Bonchev–Trinajstić information content (AvgIpc) is 3.24. The van der Waals surface area contributed by atoms with Crippen LogP contribution in [-0.2, 0) is 16.0 Å². The fraction of sp³-hybridized carbons (Fsp3) is 0.429. The number of benzene rings is 1. The van der Waals surface area contributed by atoms with E-state index in [1.54, 1.807) is 11.3 Å². The standard InChI is InChI=1S/C21H24N2O2S/c22-20(25)21(9-10-23(14-21)19(24)16-5-2-6-16)13-15-4-1-7-17(12-15)18-8-3-11-26-18/h1,3-4,7-8,11-12,16H,2,5-6,9-10,13-14H2,(H2,22,25)/t21-/m0/s1. The normalized spacial score (nSPS) is 23.0. The smallest absolute Gasteiger partial charge is 0.225 e. The molecule has 1 saturated carbocycles. The Bertz CT molecular complexity index is 813. The quantitative estimate of drug-likeness (QED) is 0.878. The van der Waals surface area contributed by atoms with Crippen LogP contribution in [0.15, 0.2) is 41.8 Å². The predicted molar refractivity (Wildman–Crippen MR) is 104 cm³/mol. The second-order valence-electron chi connectivity index (χ2n) is 7.64. The summed E-state index contributed by atoms with van der Waals surface area (Å²) in [6, 6.07) is 12.5. The summed E-state index contributed by atoms with van der Waals surface area (Å²) in [5.74, 6) is 0.0930. The maximum absolute atomic E-state index is 12.6. The van der Waals surface area contributed by atoms with Crippen LogP contribution in [0.3, 0.4) is 0 Å². The average molecular weight is 369 g/mol. The minimum absolute atomic E-state index is 0.167. The lowest BCUT2D eigenvalue weighted by molar-refractivity contribution is -0.138. The van der Waals surface area contributed by atoms with Crippen LogP contribution in [0.2, 0.25) is 0 Å². The summed E-state index contributed by atoms with van der Waals surface area (Å²) in [6.45, 7) is 1.10. The minimum Gasteiger partial charge on any atom is -0.369 e. The Hall–Kier alpha value is -2.14. The molecule has 2 amide bonds. The zero-order valence-corrected chi connectivity index (χ0v) is 15.6. The topological polar surface area (TPSA) is 63.4 Å². The highest BCUT2D eigenvalue weighted by atomic mass is 32.1. The van der Waals surface area contributed by atoms with Gasteiger partial charge in [-0.05, 0) is 48.3 Å². The highest BCUT2D eigenvalue weighted by Crippen LogP contribution is 2.38. The molecule has 1 aliphatic heterocycles. The molecule has 0 bridgehead atoms. The largest absolute Gasteiger partial charge is 0.369 e. The molecule has 1 atom stereocenters. The first-order valence-corrected chi connectivity index (χ1v) is 10.2. The number of nitrogens with two attached hydrogens (primary N) is 1. The molecule has 2 heterocycles. The van der Waals surface area contributed by atoms with E-state index in [1.807, 2.05) is 17.0 Å². The van der Waals surface area contributed by atoms with E-state index in [-0.39, 0.29) is 17.7 Å². The Morgan fingerprint density at radius 2 is 2.08 bits per heavy atom. The van der Waals surface area contributed by atoms with Crippen molar-refractivity contribution in [1.29, 1.82) is 0 Å². The highest BCUT2D eigenvalue weighted by molar-refractivity contribution is 7.13. The number of primary amides is 1. The number of thiophene rings is 1. The van der Waals surface area contributed by atoms with Gasteiger partial charge in [0.2, 0.25) is 11.8 Å². The van der Waals surface area contributed by atoms with Gasteiger partial charge in [0.1, 0.15) is 0 Å².